The molecule has 0 amide bonds. The van der Waals surface area contributed by atoms with Crippen LogP contribution in [-0.4, -0.2) is 99.7 Å². The van der Waals surface area contributed by atoms with Gasteiger partial charge >= 0.3 is 6.18 Å². The van der Waals surface area contributed by atoms with Gasteiger partial charge in [0.15, 0.2) is 8.46 Å². The first-order chi connectivity index (χ1) is 23.5. The van der Waals surface area contributed by atoms with E-state index < -0.39 is 12.6 Å². The fourth-order valence-electron chi connectivity index (χ4n) is 6.58. The fraction of sp³-hybridized carbons (Fsp3) is 0.545. The van der Waals surface area contributed by atoms with Crippen molar-refractivity contribution in [2.24, 2.45) is 0 Å². The second kappa shape index (κ2) is 16.6. The van der Waals surface area contributed by atoms with Crippen LogP contribution in [0.2, 0.25) is 0 Å². The Morgan fingerprint density at radius 1 is 1.18 bits per heavy atom. The van der Waals surface area contributed by atoms with Crippen LogP contribution < -0.4 is 16.4 Å². The molecule has 0 saturated carbocycles. The number of nitrogens with zero attached hydrogens (tertiary/aromatic N) is 6. The summed E-state index contributed by atoms with van der Waals surface area (Å²) in [6.07, 6.45) is -3.18. The molecule has 1 aromatic carbocycles. The quantitative estimate of drug-likeness (QED) is 0.162. The average molecular weight is 718 g/mol. The van der Waals surface area contributed by atoms with E-state index in [1.165, 1.54) is 17.2 Å². The first-order valence-electron chi connectivity index (χ1n) is 16.5. The number of likely N-dealkylation sites (tertiary alicyclic amines) is 1. The number of aliphatic hydroxyl groups is 1. The van der Waals surface area contributed by atoms with Gasteiger partial charge in [0.2, 0.25) is 5.95 Å². The zero-order valence-electron chi connectivity index (χ0n) is 27.8. The molecule has 1 atom stereocenters. The molecular weight excluding hydrogens is 674 g/mol. The standard InChI is InChI=1S/C31H38F3N9S.C2H5O2P/c1-19(42-11-7-37-8-12-42)17-43-23(16-35)13-25-20(2)21(3-4-27(25)43)18-41-9-5-22(6-10-41)38-28-26-14-24(15-31(32,33)34)44-29(26)40-30(36)39-28;3-1-2-5-4/h3-4,13-14,19,22,37H,5-12,15,17-18H2,1-2H3,(H3,36,38,39,40);3H,1-2H2/t19-;/m0./s1. The molecule has 2 aliphatic rings. The lowest BCUT2D eigenvalue weighted by molar-refractivity contribution is -0.126. The summed E-state index contributed by atoms with van der Waals surface area (Å²) in [5, 5.41) is 26.4. The number of thiophene rings is 1. The number of aryl methyl sites for hydroxylation is 1. The number of hydrogen-bond donors (Lipinski definition) is 4. The van der Waals surface area contributed by atoms with Gasteiger partial charge in [-0.15, -0.1) is 11.3 Å². The number of nitrogens with one attached hydrogen (secondary N) is 2. The summed E-state index contributed by atoms with van der Waals surface area (Å²) in [4.78, 5) is 14.1. The van der Waals surface area contributed by atoms with Crippen molar-refractivity contribution in [3.63, 3.8) is 0 Å². The molecule has 3 aromatic heterocycles. The Kier molecular flexibility index (Phi) is 12.5. The number of nitrogen functional groups attached to an aromatic ring is 1. The summed E-state index contributed by atoms with van der Waals surface area (Å²) < 4.78 is 50.4. The third-order valence-corrected chi connectivity index (χ3v) is 10.6. The van der Waals surface area contributed by atoms with E-state index in [1.807, 2.05) is 6.07 Å². The first kappa shape index (κ1) is 36.9. The van der Waals surface area contributed by atoms with Crippen molar-refractivity contribution in [2.75, 3.05) is 63.1 Å². The van der Waals surface area contributed by atoms with Crippen LogP contribution >= 0.6 is 19.8 Å². The summed E-state index contributed by atoms with van der Waals surface area (Å²) in [7, 11) is 0.0297. The van der Waals surface area contributed by atoms with E-state index in [2.05, 4.69) is 67.0 Å². The molecule has 0 unspecified atom stereocenters. The van der Waals surface area contributed by atoms with Gasteiger partial charge < -0.3 is 26.0 Å². The zero-order valence-corrected chi connectivity index (χ0v) is 29.5. The van der Waals surface area contributed by atoms with Crippen molar-refractivity contribution in [1.29, 1.82) is 5.26 Å². The molecule has 0 radical (unpaired) electrons. The van der Waals surface area contributed by atoms with Crippen molar-refractivity contribution >= 4 is 52.7 Å². The predicted molar refractivity (Wildman–Crippen MR) is 188 cm³/mol. The summed E-state index contributed by atoms with van der Waals surface area (Å²) in [6.45, 7) is 11.8. The van der Waals surface area contributed by atoms with E-state index >= 15 is 0 Å². The Bertz CT molecular complexity index is 1780. The molecule has 2 saturated heterocycles. The van der Waals surface area contributed by atoms with E-state index in [4.69, 9.17) is 10.8 Å². The van der Waals surface area contributed by atoms with Gasteiger partial charge in [-0.2, -0.15) is 23.4 Å². The second-order valence-electron chi connectivity index (χ2n) is 12.6. The Balaban J connectivity index is 0.000000874. The third kappa shape index (κ3) is 9.45. The molecule has 0 bridgehead atoms. The van der Waals surface area contributed by atoms with E-state index in [-0.39, 0.29) is 31.9 Å². The first-order valence-corrected chi connectivity index (χ1v) is 18.3. The Morgan fingerprint density at radius 3 is 2.55 bits per heavy atom. The van der Waals surface area contributed by atoms with Gasteiger partial charge in [-0.05, 0) is 56.0 Å². The summed E-state index contributed by atoms with van der Waals surface area (Å²) in [5.74, 6) is 0.552. The number of piperidine rings is 1. The van der Waals surface area contributed by atoms with Crippen molar-refractivity contribution < 1.29 is 22.8 Å². The zero-order chi connectivity index (χ0) is 35.1. The normalized spacial score (nSPS) is 17.2. The molecule has 2 fully saturated rings. The van der Waals surface area contributed by atoms with E-state index in [1.54, 1.807) is 0 Å². The summed E-state index contributed by atoms with van der Waals surface area (Å²) in [6, 6.07) is 10.8. The topological polar surface area (TPSA) is 148 Å². The molecule has 5 N–H and O–H groups in total. The minimum Gasteiger partial charge on any atom is -0.396 e. The highest BCUT2D eigenvalue weighted by Gasteiger charge is 2.30. The number of piperazine rings is 1. The molecule has 6 rings (SSSR count). The minimum atomic E-state index is -4.28. The van der Waals surface area contributed by atoms with Gasteiger partial charge in [0, 0.05) is 80.2 Å². The number of alkyl halides is 3. The van der Waals surface area contributed by atoms with Crippen LogP contribution in [-0.2, 0) is 24.1 Å². The second-order valence-corrected chi connectivity index (χ2v) is 14.4. The van der Waals surface area contributed by atoms with E-state index in [9.17, 15) is 23.0 Å². The smallest absolute Gasteiger partial charge is 0.393 e. The molecule has 49 heavy (non-hydrogen) atoms. The Labute approximate surface area is 289 Å². The van der Waals surface area contributed by atoms with E-state index in [0.29, 0.717) is 33.9 Å². The predicted octanol–water partition coefficient (Wildman–Crippen LogP) is 5.15. The van der Waals surface area contributed by atoms with Gasteiger partial charge in [0.1, 0.15) is 22.4 Å². The van der Waals surface area contributed by atoms with Crippen LogP contribution in [0.1, 0.15) is 41.5 Å². The van der Waals surface area contributed by atoms with Crippen LogP contribution in [0, 0.1) is 18.3 Å². The lowest BCUT2D eigenvalue weighted by Gasteiger charge is -2.33. The average Bonchev–Trinajstić information content (AvgIpc) is 3.64. The van der Waals surface area contributed by atoms with Gasteiger partial charge in [0.05, 0.1) is 24.6 Å². The summed E-state index contributed by atoms with van der Waals surface area (Å²) >= 11 is 1.01. The number of anilines is 2. The molecule has 11 nitrogen and oxygen atoms in total. The largest absolute Gasteiger partial charge is 0.396 e. The highest BCUT2D eigenvalue weighted by atomic mass is 32.1. The van der Waals surface area contributed by atoms with Crippen LogP contribution in [0.15, 0.2) is 24.3 Å². The minimum absolute atomic E-state index is 0.0189. The number of rotatable bonds is 10. The van der Waals surface area contributed by atoms with Crippen molar-refractivity contribution in [2.45, 2.75) is 64.5 Å². The number of halogens is 3. The molecule has 16 heteroatoms. The maximum Gasteiger partial charge on any atom is 0.393 e. The Morgan fingerprint density at radius 2 is 1.92 bits per heavy atom. The molecule has 0 spiro atoms. The van der Waals surface area contributed by atoms with Gasteiger partial charge in [-0.3, -0.25) is 14.4 Å². The lowest BCUT2D eigenvalue weighted by Crippen LogP contribution is -2.48. The van der Waals surface area contributed by atoms with Crippen molar-refractivity contribution in [3.8, 4) is 6.07 Å². The number of fused-ring (bicyclic) bond motifs is 2. The molecule has 0 aliphatic carbocycles. The maximum atomic E-state index is 13.0. The highest BCUT2D eigenvalue weighted by Crippen LogP contribution is 2.34. The third-order valence-electron chi connectivity index (χ3n) is 9.15. The number of benzene rings is 1. The van der Waals surface area contributed by atoms with Gasteiger partial charge in [-0.25, -0.2) is 4.98 Å². The van der Waals surface area contributed by atoms with Crippen molar-refractivity contribution in [1.82, 2.24) is 29.7 Å². The molecule has 2 aliphatic heterocycles. The molecular formula is C33H43F3N9O2PS. The number of nitrogens with two attached hydrogens (primary N) is 1. The van der Waals surface area contributed by atoms with Crippen LogP contribution in [0.3, 0.4) is 0 Å². The van der Waals surface area contributed by atoms with Crippen LogP contribution in [0.5, 0.6) is 0 Å². The number of hydrogen-bond acceptors (Lipinski definition) is 11. The van der Waals surface area contributed by atoms with E-state index in [0.717, 1.165) is 87.4 Å². The molecule has 4 aromatic rings. The molecule has 5 heterocycles. The SMILES string of the molecule is Cc1c(CN2CCC(Nc3nc(N)nc4sc(CC(F)(F)F)cc34)CC2)ccc2c1cc(C#N)n2C[C@H](C)N1CCNCC1.O=PCCO. The Hall–Kier alpha value is -3.38. The fourth-order valence-corrected chi connectivity index (χ4v) is 7.72. The van der Waals surface area contributed by atoms with Crippen LogP contribution in [0.25, 0.3) is 21.1 Å². The molecule has 264 valence electrons. The van der Waals surface area contributed by atoms with Gasteiger partial charge in [0.25, 0.3) is 0 Å². The van der Waals surface area contributed by atoms with Crippen molar-refractivity contribution in [3.05, 3.63) is 46.0 Å². The number of aromatic nitrogens is 3. The summed E-state index contributed by atoms with van der Waals surface area (Å²) in [5.41, 5.74) is 10.2. The number of nitriles is 1. The lowest BCUT2D eigenvalue weighted by atomic mass is 10.0. The van der Waals surface area contributed by atoms with Crippen LogP contribution in [0.4, 0.5) is 24.9 Å². The monoisotopic (exact) mass is 717 g/mol. The number of aliphatic hydroxyl groups excluding tert-OH is 1. The maximum absolute atomic E-state index is 13.0. The highest BCUT2D eigenvalue weighted by molar-refractivity contribution is 7.23. The van der Waals surface area contributed by atoms with Gasteiger partial charge in [-0.1, -0.05) is 6.07 Å².